The molecule has 19 heavy (non-hydrogen) atoms. The Labute approximate surface area is 125 Å². The molecule has 0 unspecified atom stereocenters. The van der Waals surface area contributed by atoms with Gasteiger partial charge in [-0.1, -0.05) is 46.6 Å². The molecule has 1 N–H and O–H groups in total. The van der Waals surface area contributed by atoms with E-state index >= 15 is 0 Å². The molecule has 98 valence electrons. The second-order valence-corrected chi connectivity index (χ2v) is 5.45. The average Bonchev–Trinajstić information content (AvgIpc) is 2.42. The summed E-state index contributed by atoms with van der Waals surface area (Å²) in [5, 5.41) is 3.31. The number of hydrogen-bond acceptors (Lipinski definition) is 1. The predicted molar refractivity (Wildman–Crippen MR) is 82.9 cm³/mol. The van der Waals surface area contributed by atoms with Crippen LogP contribution in [0.2, 0.25) is 5.02 Å². The van der Waals surface area contributed by atoms with E-state index in [2.05, 4.69) is 28.2 Å². The third-order valence-corrected chi connectivity index (χ3v) is 3.61. The molecule has 2 aromatic carbocycles. The van der Waals surface area contributed by atoms with Gasteiger partial charge in [0.1, 0.15) is 0 Å². The van der Waals surface area contributed by atoms with E-state index in [0.717, 1.165) is 10.9 Å². The summed E-state index contributed by atoms with van der Waals surface area (Å²) in [6.45, 7) is 2.08. The van der Waals surface area contributed by atoms with Crippen LogP contribution in [0.15, 0.2) is 46.9 Å². The van der Waals surface area contributed by atoms with E-state index in [1.165, 1.54) is 5.56 Å². The molecular weight excluding hydrogens is 326 g/mol. The molecule has 0 radical (unpaired) electrons. The van der Waals surface area contributed by atoms with Crippen molar-refractivity contribution in [3.63, 3.8) is 0 Å². The maximum Gasteiger partial charge on any atom is 0.255 e. The zero-order valence-corrected chi connectivity index (χ0v) is 12.8. The van der Waals surface area contributed by atoms with Crippen LogP contribution in [0.3, 0.4) is 0 Å². The first-order valence-electron chi connectivity index (χ1n) is 5.95. The van der Waals surface area contributed by atoms with Gasteiger partial charge in [0.25, 0.3) is 5.91 Å². The summed E-state index contributed by atoms with van der Waals surface area (Å²) in [7, 11) is 0. The average molecular weight is 339 g/mol. The Morgan fingerprint density at radius 1 is 1.21 bits per heavy atom. The summed E-state index contributed by atoms with van der Waals surface area (Å²) in [5.41, 5.74) is 2.43. The fraction of sp³-hybridized carbons (Fsp3) is 0.133. The first kappa shape index (κ1) is 14.1. The van der Waals surface area contributed by atoms with Gasteiger partial charge in [0, 0.05) is 10.0 Å². The summed E-state index contributed by atoms with van der Waals surface area (Å²) in [6, 6.07) is 12.9. The highest BCUT2D eigenvalue weighted by Gasteiger charge is 2.08. The maximum absolute atomic E-state index is 12.1. The SMILES string of the molecule is CCc1ccc(C(=O)Nc2ccc(Br)cc2Cl)cc1. The summed E-state index contributed by atoms with van der Waals surface area (Å²) >= 11 is 9.39. The second kappa shape index (κ2) is 6.22. The highest BCUT2D eigenvalue weighted by molar-refractivity contribution is 9.10. The van der Waals surface area contributed by atoms with Crippen LogP contribution in [0.4, 0.5) is 5.69 Å². The van der Waals surface area contributed by atoms with Crippen molar-refractivity contribution in [3.8, 4) is 0 Å². The van der Waals surface area contributed by atoms with Crippen LogP contribution in [0, 0.1) is 0 Å². The first-order valence-corrected chi connectivity index (χ1v) is 7.12. The highest BCUT2D eigenvalue weighted by atomic mass is 79.9. The smallest absolute Gasteiger partial charge is 0.255 e. The molecule has 0 aliphatic rings. The molecule has 0 fully saturated rings. The van der Waals surface area contributed by atoms with Gasteiger partial charge >= 0.3 is 0 Å². The number of halogens is 2. The minimum atomic E-state index is -0.160. The lowest BCUT2D eigenvalue weighted by Gasteiger charge is -2.08. The number of amides is 1. The maximum atomic E-state index is 12.1. The van der Waals surface area contributed by atoms with Gasteiger partial charge in [-0.2, -0.15) is 0 Å². The van der Waals surface area contributed by atoms with Crippen molar-refractivity contribution in [3.05, 3.63) is 63.1 Å². The second-order valence-electron chi connectivity index (χ2n) is 4.13. The summed E-state index contributed by atoms with van der Waals surface area (Å²) < 4.78 is 0.878. The number of rotatable bonds is 3. The Morgan fingerprint density at radius 3 is 2.47 bits per heavy atom. The first-order chi connectivity index (χ1) is 9.10. The van der Waals surface area contributed by atoms with Crippen molar-refractivity contribution >= 4 is 39.1 Å². The van der Waals surface area contributed by atoms with E-state index < -0.39 is 0 Å². The summed E-state index contributed by atoms with van der Waals surface area (Å²) in [4.78, 5) is 12.1. The normalized spacial score (nSPS) is 10.3. The van der Waals surface area contributed by atoms with E-state index in [1.54, 1.807) is 12.1 Å². The van der Waals surface area contributed by atoms with Gasteiger partial charge in [0.05, 0.1) is 10.7 Å². The van der Waals surface area contributed by atoms with Crippen molar-refractivity contribution < 1.29 is 4.79 Å². The van der Waals surface area contributed by atoms with Crippen molar-refractivity contribution in [2.24, 2.45) is 0 Å². The Morgan fingerprint density at radius 2 is 1.89 bits per heavy atom. The zero-order chi connectivity index (χ0) is 13.8. The van der Waals surface area contributed by atoms with Crippen molar-refractivity contribution in [2.45, 2.75) is 13.3 Å². The molecule has 2 aromatic rings. The van der Waals surface area contributed by atoms with E-state index in [9.17, 15) is 4.79 Å². The lowest BCUT2D eigenvalue weighted by molar-refractivity contribution is 0.102. The molecular formula is C15H13BrClNO. The number of carbonyl (C=O) groups is 1. The lowest BCUT2D eigenvalue weighted by atomic mass is 10.1. The zero-order valence-electron chi connectivity index (χ0n) is 10.4. The van der Waals surface area contributed by atoms with Crippen LogP contribution in [0.1, 0.15) is 22.8 Å². The van der Waals surface area contributed by atoms with Crippen LogP contribution in [-0.4, -0.2) is 5.91 Å². The van der Waals surface area contributed by atoms with E-state index in [0.29, 0.717) is 16.3 Å². The van der Waals surface area contributed by atoms with E-state index in [4.69, 9.17) is 11.6 Å². The van der Waals surface area contributed by atoms with Crippen molar-refractivity contribution in [1.82, 2.24) is 0 Å². The Balaban J connectivity index is 2.15. The van der Waals surface area contributed by atoms with Gasteiger partial charge < -0.3 is 5.32 Å². The number of aryl methyl sites for hydroxylation is 1. The molecule has 2 rings (SSSR count). The summed E-state index contributed by atoms with van der Waals surface area (Å²) in [5.74, 6) is -0.160. The standard InChI is InChI=1S/C15H13BrClNO/c1-2-10-3-5-11(6-4-10)15(19)18-14-8-7-12(16)9-13(14)17/h3-9H,2H2,1H3,(H,18,19). The molecule has 0 aliphatic heterocycles. The van der Waals surface area contributed by atoms with Gasteiger partial charge in [0.2, 0.25) is 0 Å². The van der Waals surface area contributed by atoms with Crippen LogP contribution < -0.4 is 5.32 Å². The molecule has 0 aliphatic carbocycles. The number of nitrogens with one attached hydrogen (secondary N) is 1. The molecule has 0 aromatic heterocycles. The molecule has 0 spiro atoms. The molecule has 0 bridgehead atoms. The molecule has 0 heterocycles. The third-order valence-electron chi connectivity index (χ3n) is 2.80. The van der Waals surface area contributed by atoms with E-state index in [-0.39, 0.29) is 5.91 Å². The number of anilines is 1. The lowest BCUT2D eigenvalue weighted by Crippen LogP contribution is -2.12. The molecule has 0 saturated heterocycles. The fourth-order valence-electron chi connectivity index (χ4n) is 1.68. The molecule has 0 atom stereocenters. The Kier molecular flexibility index (Phi) is 4.61. The van der Waals surface area contributed by atoms with Crippen LogP contribution >= 0.6 is 27.5 Å². The number of benzene rings is 2. The van der Waals surface area contributed by atoms with Gasteiger partial charge in [-0.15, -0.1) is 0 Å². The minimum Gasteiger partial charge on any atom is -0.321 e. The van der Waals surface area contributed by atoms with Crippen molar-refractivity contribution in [2.75, 3.05) is 5.32 Å². The highest BCUT2D eigenvalue weighted by Crippen LogP contribution is 2.26. The van der Waals surface area contributed by atoms with Crippen LogP contribution in [0.25, 0.3) is 0 Å². The van der Waals surface area contributed by atoms with Crippen molar-refractivity contribution in [1.29, 1.82) is 0 Å². The predicted octanol–water partition coefficient (Wildman–Crippen LogP) is 4.92. The third kappa shape index (κ3) is 3.58. The molecule has 0 saturated carbocycles. The monoisotopic (exact) mass is 337 g/mol. The van der Waals surface area contributed by atoms with Crippen LogP contribution in [-0.2, 0) is 6.42 Å². The van der Waals surface area contributed by atoms with E-state index in [1.807, 2.05) is 30.3 Å². The van der Waals surface area contributed by atoms with Gasteiger partial charge in [-0.25, -0.2) is 0 Å². The van der Waals surface area contributed by atoms with Crippen LogP contribution in [0.5, 0.6) is 0 Å². The Hall–Kier alpha value is -1.32. The molecule has 4 heteroatoms. The quantitative estimate of drug-likeness (QED) is 0.846. The largest absolute Gasteiger partial charge is 0.321 e. The van der Waals surface area contributed by atoms with Gasteiger partial charge in [-0.3, -0.25) is 4.79 Å². The number of hydrogen-bond donors (Lipinski definition) is 1. The van der Waals surface area contributed by atoms with Gasteiger partial charge in [0.15, 0.2) is 0 Å². The minimum absolute atomic E-state index is 0.160. The molecule has 2 nitrogen and oxygen atoms in total. The number of carbonyl (C=O) groups excluding carboxylic acids is 1. The van der Waals surface area contributed by atoms with Gasteiger partial charge in [-0.05, 0) is 42.3 Å². The fourth-order valence-corrected chi connectivity index (χ4v) is 2.40. The summed E-state index contributed by atoms with van der Waals surface area (Å²) in [6.07, 6.45) is 0.959. The Bertz CT molecular complexity index is 596. The molecule has 1 amide bonds. The topological polar surface area (TPSA) is 29.1 Å².